The van der Waals surface area contributed by atoms with Crippen molar-refractivity contribution in [1.29, 1.82) is 0 Å². The van der Waals surface area contributed by atoms with Crippen molar-refractivity contribution < 1.29 is 14.3 Å². The van der Waals surface area contributed by atoms with Gasteiger partial charge in [-0.3, -0.25) is 9.59 Å². The maximum atomic E-state index is 13.3. The molecule has 2 amide bonds. The van der Waals surface area contributed by atoms with Crippen LogP contribution in [0, 0.1) is 6.92 Å². The number of ether oxygens (including phenoxy) is 1. The highest BCUT2D eigenvalue weighted by molar-refractivity contribution is 6.08. The number of aromatic nitrogens is 2. The number of aryl methyl sites for hydroxylation is 1. The fraction of sp³-hybridized carbons (Fsp3) is 0.148. The standard InChI is InChI=1S/C27H26N4O3/c1-19-9-7-8-12-23(19)26-24(17-31(29-26)21-10-5-4-6-11-21)27(33)28-20-13-15-22(16-14-20)34-18-25(32)30(2)3/h4-17H,18H2,1-3H3,(H,28,33). The van der Waals surface area contributed by atoms with Crippen LogP contribution in [0.2, 0.25) is 0 Å². The van der Waals surface area contributed by atoms with Gasteiger partial charge < -0.3 is 15.0 Å². The van der Waals surface area contributed by atoms with Crippen LogP contribution < -0.4 is 10.1 Å². The number of amides is 2. The molecule has 1 heterocycles. The molecule has 4 rings (SSSR count). The summed E-state index contributed by atoms with van der Waals surface area (Å²) in [4.78, 5) is 26.5. The minimum absolute atomic E-state index is 0.0445. The minimum atomic E-state index is -0.267. The molecule has 0 aliphatic rings. The molecule has 7 heteroatoms. The summed E-state index contributed by atoms with van der Waals surface area (Å²) in [5, 5.41) is 7.68. The third kappa shape index (κ3) is 5.15. The summed E-state index contributed by atoms with van der Waals surface area (Å²) < 4.78 is 7.22. The molecule has 0 radical (unpaired) electrons. The quantitative estimate of drug-likeness (QED) is 0.444. The number of carbonyl (C=O) groups is 2. The van der Waals surface area contributed by atoms with Crippen molar-refractivity contribution in [2.24, 2.45) is 0 Å². The topological polar surface area (TPSA) is 76.5 Å². The lowest BCUT2D eigenvalue weighted by atomic mass is 10.0. The lowest BCUT2D eigenvalue weighted by Gasteiger charge is -2.12. The fourth-order valence-corrected chi connectivity index (χ4v) is 3.40. The van der Waals surface area contributed by atoms with Gasteiger partial charge in [0.1, 0.15) is 11.4 Å². The van der Waals surface area contributed by atoms with Gasteiger partial charge in [-0.25, -0.2) is 4.68 Å². The van der Waals surface area contributed by atoms with E-state index in [0.29, 0.717) is 22.7 Å². The molecule has 0 aliphatic heterocycles. The first-order valence-electron chi connectivity index (χ1n) is 10.9. The van der Waals surface area contributed by atoms with E-state index in [-0.39, 0.29) is 18.4 Å². The van der Waals surface area contributed by atoms with Crippen molar-refractivity contribution in [2.45, 2.75) is 6.92 Å². The highest BCUT2D eigenvalue weighted by Gasteiger charge is 2.20. The number of likely N-dealkylation sites (N-methyl/N-ethyl adjacent to an activating group) is 1. The van der Waals surface area contributed by atoms with Crippen molar-refractivity contribution in [3.05, 3.63) is 96.2 Å². The number of carbonyl (C=O) groups excluding carboxylic acids is 2. The molecule has 0 aliphatic carbocycles. The Bertz CT molecular complexity index is 1300. The molecule has 0 bridgehead atoms. The van der Waals surface area contributed by atoms with Gasteiger partial charge in [0.25, 0.3) is 11.8 Å². The zero-order valence-electron chi connectivity index (χ0n) is 19.4. The molecule has 0 saturated heterocycles. The predicted octanol–water partition coefficient (Wildman–Crippen LogP) is 4.57. The Balaban J connectivity index is 1.58. The number of para-hydroxylation sites is 1. The van der Waals surface area contributed by atoms with Crippen molar-refractivity contribution in [2.75, 3.05) is 26.0 Å². The van der Waals surface area contributed by atoms with Crippen molar-refractivity contribution in [3.8, 4) is 22.7 Å². The number of nitrogens with zero attached hydrogens (tertiary/aromatic N) is 3. The van der Waals surface area contributed by atoms with Gasteiger partial charge in [0.05, 0.1) is 11.3 Å². The van der Waals surface area contributed by atoms with Crippen LogP contribution in [0.5, 0.6) is 5.75 Å². The third-order valence-electron chi connectivity index (χ3n) is 5.35. The summed E-state index contributed by atoms with van der Waals surface area (Å²) in [6.45, 7) is 1.95. The summed E-state index contributed by atoms with van der Waals surface area (Å²) in [6, 6.07) is 24.4. The van der Waals surface area contributed by atoms with E-state index < -0.39 is 0 Å². The molecule has 0 spiro atoms. The number of hydrogen-bond donors (Lipinski definition) is 1. The SMILES string of the molecule is Cc1ccccc1-c1nn(-c2ccccc2)cc1C(=O)Nc1ccc(OCC(=O)N(C)C)cc1. The van der Waals surface area contributed by atoms with Gasteiger partial charge in [-0.15, -0.1) is 0 Å². The zero-order valence-corrected chi connectivity index (χ0v) is 19.4. The summed E-state index contributed by atoms with van der Waals surface area (Å²) in [7, 11) is 3.35. The molecule has 172 valence electrons. The maximum Gasteiger partial charge on any atom is 0.259 e. The van der Waals surface area contributed by atoms with E-state index in [1.54, 1.807) is 49.2 Å². The van der Waals surface area contributed by atoms with Crippen LogP contribution in [0.25, 0.3) is 16.9 Å². The Kier molecular flexibility index (Phi) is 6.73. The van der Waals surface area contributed by atoms with Gasteiger partial charge >= 0.3 is 0 Å². The molecule has 0 atom stereocenters. The van der Waals surface area contributed by atoms with Gasteiger partial charge in [-0.05, 0) is 48.9 Å². The first kappa shape index (κ1) is 22.8. The molecule has 0 fully saturated rings. The van der Waals surface area contributed by atoms with E-state index in [9.17, 15) is 9.59 Å². The van der Waals surface area contributed by atoms with E-state index in [1.807, 2.05) is 61.5 Å². The van der Waals surface area contributed by atoms with E-state index in [1.165, 1.54) is 4.90 Å². The molecule has 3 aromatic carbocycles. The smallest absolute Gasteiger partial charge is 0.259 e. The van der Waals surface area contributed by atoms with Crippen molar-refractivity contribution in [1.82, 2.24) is 14.7 Å². The highest BCUT2D eigenvalue weighted by atomic mass is 16.5. The zero-order chi connectivity index (χ0) is 24.1. The van der Waals surface area contributed by atoms with Gasteiger partial charge in [0, 0.05) is 31.5 Å². The van der Waals surface area contributed by atoms with Crippen LogP contribution in [-0.4, -0.2) is 47.2 Å². The Morgan fingerprint density at radius 2 is 1.62 bits per heavy atom. The molecule has 34 heavy (non-hydrogen) atoms. The number of nitrogens with one attached hydrogen (secondary N) is 1. The number of hydrogen-bond acceptors (Lipinski definition) is 4. The average Bonchev–Trinajstić information content (AvgIpc) is 3.29. The number of anilines is 1. The van der Waals surface area contributed by atoms with Gasteiger partial charge in [-0.2, -0.15) is 5.10 Å². The van der Waals surface area contributed by atoms with Crippen LogP contribution in [0.4, 0.5) is 5.69 Å². The molecule has 7 nitrogen and oxygen atoms in total. The molecular weight excluding hydrogens is 428 g/mol. The Hall–Kier alpha value is -4.39. The number of benzene rings is 3. The summed E-state index contributed by atoms with van der Waals surface area (Å²) >= 11 is 0. The van der Waals surface area contributed by atoms with Crippen LogP contribution in [0.3, 0.4) is 0 Å². The van der Waals surface area contributed by atoms with Crippen LogP contribution in [-0.2, 0) is 4.79 Å². The lowest BCUT2D eigenvalue weighted by molar-refractivity contribution is -0.130. The molecular formula is C27H26N4O3. The largest absolute Gasteiger partial charge is 0.484 e. The van der Waals surface area contributed by atoms with Gasteiger partial charge in [-0.1, -0.05) is 42.5 Å². The van der Waals surface area contributed by atoms with E-state index in [2.05, 4.69) is 5.32 Å². The number of rotatable bonds is 7. The van der Waals surface area contributed by atoms with Crippen molar-refractivity contribution >= 4 is 17.5 Å². The second kappa shape index (κ2) is 10.0. The predicted molar refractivity (Wildman–Crippen MR) is 132 cm³/mol. The maximum absolute atomic E-state index is 13.3. The molecule has 0 saturated carbocycles. The lowest BCUT2D eigenvalue weighted by Crippen LogP contribution is -2.27. The first-order chi connectivity index (χ1) is 16.4. The van der Waals surface area contributed by atoms with Gasteiger partial charge in [0.15, 0.2) is 6.61 Å². The minimum Gasteiger partial charge on any atom is -0.484 e. The van der Waals surface area contributed by atoms with Crippen molar-refractivity contribution in [3.63, 3.8) is 0 Å². The van der Waals surface area contributed by atoms with Gasteiger partial charge in [0.2, 0.25) is 0 Å². The second-order valence-electron chi connectivity index (χ2n) is 8.04. The summed E-state index contributed by atoms with van der Waals surface area (Å²) in [5.74, 6) is 0.152. The second-order valence-corrected chi connectivity index (χ2v) is 8.04. The Labute approximate surface area is 198 Å². The summed E-state index contributed by atoms with van der Waals surface area (Å²) in [6.07, 6.45) is 1.75. The van der Waals surface area contributed by atoms with E-state index >= 15 is 0 Å². The van der Waals surface area contributed by atoms with Crippen LogP contribution >= 0.6 is 0 Å². The molecule has 1 aromatic heterocycles. The van der Waals surface area contributed by atoms with E-state index in [0.717, 1.165) is 16.8 Å². The third-order valence-corrected chi connectivity index (χ3v) is 5.35. The van der Waals surface area contributed by atoms with Crippen LogP contribution in [0.15, 0.2) is 85.1 Å². The first-order valence-corrected chi connectivity index (χ1v) is 10.9. The molecule has 4 aromatic rings. The fourth-order valence-electron chi connectivity index (χ4n) is 3.40. The Morgan fingerprint density at radius 1 is 0.941 bits per heavy atom. The van der Waals surface area contributed by atoms with Crippen LogP contribution in [0.1, 0.15) is 15.9 Å². The molecule has 1 N–H and O–H groups in total. The monoisotopic (exact) mass is 454 g/mol. The normalized spacial score (nSPS) is 10.6. The average molecular weight is 455 g/mol. The Morgan fingerprint density at radius 3 is 2.29 bits per heavy atom. The van der Waals surface area contributed by atoms with E-state index in [4.69, 9.17) is 9.84 Å². The summed E-state index contributed by atoms with van der Waals surface area (Å²) in [5.41, 5.74) is 4.49. The molecule has 0 unspecified atom stereocenters. The highest BCUT2D eigenvalue weighted by Crippen LogP contribution is 2.27.